The van der Waals surface area contributed by atoms with Crippen molar-refractivity contribution in [3.8, 4) is 11.5 Å². The van der Waals surface area contributed by atoms with Gasteiger partial charge >= 0.3 is 0 Å². The van der Waals surface area contributed by atoms with E-state index >= 15 is 0 Å². The van der Waals surface area contributed by atoms with E-state index in [1.807, 2.05) is 12.1 Å². The Labute approximate surface area is 77.8 Å². The number of rotatable bonds is 1. The zero-order chi connectivity index (χ0) is 8.55. The maximum absolute atomic E-state index is 5.69. The lowest BCUT2D eigenvalue weighted by molar-refractivity contribution is 0.580. The van der Waals surface area contributed by atoms with E-state index in [2.05, 4.69) is 4.98 Å². The Balaban J connectivity index is 2.61. The molecule has 0 aliphatic rings. The number of hydrogen-bond acceptors (Lipinski definition) is 4. The third-order valence-corrected chi connectivity index (χ3v) is 2.51. The number of nitrogen functional groups attached to an aromatic ring is 1. The predicted octanol–water partition coefficient (Wildman–Crippen LogP) is 2.65. The number of hydrogen-bond donors (Lipinski definition) is 2. The van der Waals surface area contributed by atoms with Crippen molar-refractivity contribution >= 4 is 28.6 Å². The van der Waals surface area contributed by atoms with Gasteiger partial charge in [0.2, 0.25) is 0 Å². The monoisotopic (exact) mass is 198 g/mol. The van der Waals surface area contributed by atoms with Gasteiger partial charge in [-0.3, -0.25) is 0 Å². The summed E-state index contributed by atoms with van der Waals surface area (Å²) in [7, 11) is 0. The molecule has 0 fully saturated rings. The lowest BCUT2D eigenvalue weighted by Gasteiger charge is -1.90. The molecule has 0 aromatic carbocycles. The maximum Gasteiger partial charge on any atom is 0.160 e. The molecule has 3 nitrogen and oxygen atoms in total. The number of thiazole rings is 1. The van der Waals surface area contributed by atoms with Gasteiger partial charge in [0.15, 0.2) is 9.71 Å². The van der Waals surface area contributed by atoms with Crippen molar-refractivity contribution in [3.05, 3.63) is 22.4 Å². The van der Waals surface area contributed by atoms with Gasteiger partial charge in [0, 0.05) is 0 Å². The summed E-state index contributed by atoms with van der Waals surface area (Å²) in [5.41, 5.74) is 6.47. The van der Waals surface area contributed by atoms with E-state index in [1.54, 1.807) is 6.26 Å². The predicted molar refractivity (Wildman–Crippen MR) is 51.6 cm³/mol. The van der Waals surface area contributed by atoms with Gasteiger partial charge in [-0.15, -0.1) is 0 Å². The Hall–Kier alpha value is -1.07. The molecule has 0 saturated heterocycles. The third kappa shape index (κ3) is 1.17. The Morgan fingerprint density at radius 3 is 2.92 bits per heavy atom. The number of nitrogens with one attached hydrogen (secondary N) is 1. The first-order valence-corrected chi connectivity index (χ1v) is 4.52. The molecule has 62 valence electrons. The minimum atomic E-state index is 0.662. The molecule has 3 N–H and O–H groups in total. The molecule has 2 aromatic rings. The van der Waals surface area contributed by atoms with E-state index < -0.39 is 0 Å². The molecule has 0 spiro atoms. The van der Waals surface area contributed by atoms with Crippen molar-refractivity contribution in [3.63, 3.8) is 0 Å². The minimum absolute atomic E-state index is 0.662. The Kier molecular flexibility index (Phi) is 1.74. The van der Waals surface area contributed by atoms with Crippen LogP contribution in [-0.2, 0) is 0 Å². The fraction of sp³-hybridized carbons (Fsp3) is 0. The summed E-state index contributed by atoms with van der Waals surface area (Å²) in [6, 6.07) is 3.65. The van der Waals surface area contributed by atoms with Crippen molar-refractivity contribution in [2.24, 2.45) is 0 Å². The number of nitrogens with two attached hydrogens (primary N) is 1. The molecule has 0 amide bonds. The largest absolute Gasteiger partial charge is 0.463 e. The second kappa shape index (κ2) is 2.76. The second-order valence-electron chi connectivity index (χ2n) is 2.23. The van der Waals surface area contributed by atoms with Gasteiger partial charge in [-0.1, -0.05) is 11.3 Å². The summed E-state index contributed by atoms with van der Waals surface area (Å²) >= 11 is 6.28. The van der Waals surface area contributed by atoms with E-state index in [1.165, 1.54) is 11.3 Å². The van der Waals surface area contributed by atoms with E-state index in [4.69, 9.17) is 22.4 Å². The highest BCUT2D eigenvalue weighted by Crippen LogP contribution is 2.28. The van der Waals surface area contributed by atoms with Crippen LogP contribution in [0, 0.1) is 3.95 Å². The highest BCUT2D eigenvalue weighted by atomic mass is 32.1. The zero-order valence-electron chi connectivity index (χ0n) is 6.03. The molecule has 2 aromatic heterocycles. The van der Waals surface area contributed by atoms with Gasteiger partial charge in [-0.05, 0) is 24.4 Å². The molecule has 0 aliphatic heterocycles. The topological polar surface area (TPSA) is 55.0 Å². The summed E-state index contributed by atoms with van der Waals surface area (Å²) in [6.07, 6.45) is 1.60. The van der Waals surface area contributed by atoms with Gasteiger partial charge in [0.1, 0.15) is 10.7 Å². The third-order valence-electron chi connectivity index (χ3n) is 1.44. The van der Waals surface area contributed by atoms with Gasteiger partial charge in [-0.2, -0.15) is 0 Å². The van der Waals surface area contributed by atoms with Gasteiger partial charge in [0.25, 0.3) is 0 Å². The average molecular weight is 198 g/mol. The lowest BCUT2D eigenvalue weighted by Crippen LogP contribution is -1.82. The maximum atomic E-state index is 5.69. The van der Waals surface area contributed by atoms with Crippen LogP contribution in [0.15, 0.2) is 22.8 Å². The number of furan rings is 1. The summed E-state index contributed by atoms with van der Waals surface area (Å²) < 4.78 is 5.83. The van der Waals surface area contributed by atoms with Crippen molar-refractivity contribution < 1.29 is 4.42 Å². The molecular weight excluding hydrogens is 192 g/mol. The highest BCUT2D eigenvalue weighted by molar-refractivity contribution is 7.73. The summed E-state index contributed by atoms with van der Waals surface area (Å²) in [6.45, 7) is 0. The van der Waals surface area contributed by atoms with E-state index in [0.717, 1.165) is 11.5 Å². The van der Waals surface area contributed by atoms with E-state index in [0.29, 0.717) is 8.96 Å². The summed E-state index contributed by atoms with van der Waals surface area (Å²) in [5, 5.41) is 0.662. The molecule has 0 radical (unpaired) electrons. The Morgan fingerprint density at radius 1 is 1.58 bits per heavy atom. The first kappa shape index (κ1) is 7.57. The minimum Gasteiger partial charge on any atom is -0.463 e. The first-order valence-electron chi connectivity index (χ1n) is 3.30. The number of aromatic amines is 1. The van der Waals surface area contributed by atoms with Crippen LogP contribution < -0.4 is 5.73 Å². The van der Waals surface area contributed by atoms with Crippen LogP contribution in [0.1, 0.15) is 0 Å². The van der Waals surface area contributed by atoms with Crippen LogP contribution >= 0.6 is 23.6 Å². The van der Waals surface area contributed by atoms with Crippen molar-refractivity contribution in [2.45, 2.75) is 0 Å². The van der Waals surface area contributed by atoms with Crippen LogP contribution in [0.5, 0.6) is 0 Å². The van der Waals surface area contributed by atoms with E-state index in [-0.39, 0.29) is 0 Å². The molecule has 0 saturated carbocycles. The molecule has 0 unspecified atom stereocenters. The molecule has 12 heavy (non-hydrogen) atoms. The van der Waals surface area contributed by atoms with Gasteiger partial charge < -0.3 is 15.1 Å². The van der Waals surface area contributed by atoms with Gasteiger partial charge in [-0.25, -0.2) is 0 Å². The van der Waals surface area contributed by atoms with Crippen LogP contribution in [0.25, 0.3) is 11.5 Å². The van der Waals surface area contributed by atoms with Crippen LogP contribution in [-0.4, -0.2) is 4.98 Å². The second-order valence-corrected chi connectivity index (χ2v) is 3.95. The van der Waals surface area contributed by atoms with Crippen LogP contribution in [0.3, 0.4) is 0 Å². The first-order chi connectivity index (χ1) is 5.77. The number of H-pyrrole nitrogens is 1. The lowest BCUT2D eigenvalue weighted by atomic mass is 10.3. The molecule has 2 heterocycles. The van der Waals surface area contributed by atoms with Crippen molar-refractivity contribution in [1.29, 1.82) is 0 Å². The molecule has 0 aliphatic carbocycles. The van der Waals surface area contributed by atoms with Crippen LogP contribution in [0.2, 0.25) is 0 Å². The van der Waals surface area contributed by atoms with Crippen LogP contribution in [0.4, 0.5) is 5.00 Å². The van der Waals surface area contributed by atoms with Crippen molar-refractivity contribution in [1.82, 2.24) is 4.98 Å². The molecule has 2 rings (SSSR count). The Morgan fingerprint density at radius 2 is 2.42 bits per heavy atom. The molecule has 0 atom stereocenters. The molecular formula is C7H6N2OS2. The summed E-state index contributed by atoms with van der Waals surface area (Å²) in [4.78, 5) is 2.96. The quantitative estimate of drug-likeness (QED) is 0.692. The fourth-order valence-corrected chi connectivity index (χ4v) is 1.92. The standard InChI is InChI=1S/C7H6N2OS2/c8-6-5(9-7(11)12-6)4-2-1-3-10-4/h1-3H,8H2,(H,9,11). The van der Waals surface area contributed by atoms with Gasteiger partial charge in [0.05, 0.1) is 6.26 Å². The smallest absolute Gasteiger partial charge is 0.160 e. The van der Waals surface area contributed by atoms with Crippen molar-refractivity contribution in [2.75, 3.05) is 5.73 Å². The zero-order valence-corrected chi connectivity index (χ0v) is 7.67. The molecule has 0 bridgehead atoms. The number of anilines is 1. The Bertz CT molecular complexity index is 426. The fourth-order valence-electron chi connectivity index (χ4n) is 0.944. The summed E-state index contributed by atoms with van der Waals surface area (Å²) in [5.74, 6) is 0.722. The highest BCUT2D eigenvalue weighted by Gasteiger charge is 2.07. The van der Waals surface area contributed by atoms with E-state index in [9.17, 15) is 0 Å². The average Bonchev–Trinajstić information content (AvgIpc) is 2.58. The molecule has 5 heteroatoms. The SMILES string of the molecule is Nc1sc(=S)[nH]c1-c1ccco1. The normalized spacial score (nSPS) is 10.3. The number of aromatic nitrogens is 1.